The van der Waals surface area contributed by atoms with Crippen LogP contribution in [-0.4, -0.2) is 27.5 Å². The van der Waals surface area contributed by atoms with Crippen molar-refractivity contribution in [1.29, 1.82) is 0 Å². The van der Waals surface area contributed by atoms with Crippen LogP contribution in [0.5, 0.6) is 5.75 Å². The van der Waals surface area contributed by atoms with Crippen LogP contribution in [0, 0.1) is 0 Å². The zero-order valence-electron chi connectivity index (χ0n) is 21.4. The lowest BCUT2D eigenvalue weighted by atomic mass is 10.1. The van der Waals surface area contributed by atoms with Gasteiger partial charge in [-0.1, -0.05) is 78.9 Å². The van der Waals surface area contributed by atoms with Gasteiger partial charge in [0.05, 0.1) is 29.3 Å². The Morgan fingerprint density at radius 3 is 2.18 bits per heavy atom. The molecule has 4 rings (SSSR count). The summed E-state index contributed by atoms with van der Waals surface area (Å²) in [7, 11) is -3.94. The number of aryl methyl sites for hydroxylation is 1. The summed E-state index contributed by atoms with van der Waals surface area (Å²) in [4.78, 5) is 13.5. The van der Waals surface area contributed by atoms with E-state index in [4.69, 9.17) is 4.74 Å². The normalized spacial score (nSPS) is 11.1. The van der Waals surface area contributed by atoms with E-state index in [1.54, 1.807) is 54.6 Å². The van der Waals surface area contributed by atoms with Crippen LogP contribution in [0.15, 0.2) is 114 Å². The molecule has 4 aromatic carbocycles. The maximum atomic E-state index is 13.8. The van der Waals surface area contributed by atoms with Gasteiger partial charge in [-0.15, -0.1) is 0 Å². The van der Waals surface area contributed by atoms with Crippen LogP contribution in [0.2, 0.25) is 0 Å². The quantitative estimate of drug-likeness (QED) is 0.234. The fourth-order valence-corrected chi connectivity index (χ4v) is 5.73. The molecular formula is C31H32N2O4S. The highest BCUT2D eigenvalue weighted by Crippen LogP contribution is 2.29. The van der Waals surface area contributed by atoms with Gasteiger partial charge in [-0.25, -0.2) is 8.42 Å². The van der Waals surface area contributed by atoms with E-state index < -0.39 is 10.0 Å². The van der Waals surface area contributed by atoms with Crippen LogP contribution in [-0.2, 0) is 23.0 Å². The summed E-state index contributed by atoms with van der Waals surface area (Å²) in [6.07, 6.45) is 1.47. The van der Waals surface area contributed by atoms with Crippen molar-refractivity contribution in [3.8, 4) is 5.75 Å². The number of benzene rings is 4. The number of carbonyl (C=O) groups excluding carboxylic acids is 1. The summed E-state index contributed by atoms with van der Waals surface area (Å²) in [6.45, 7) is 3.08. The number of hydrogen-bond donors (Lipinski definition) is 1. The van der Waals surface area contributed by atoms with Crippen LogP contribution in [0.3, 0.4) is 0 Å². The van der Waals surface area contributed by atoms with Crippen molar-refractivity contribution in [1.82, 2.24) is 5.32 Å². The first-order valence-corrected chi connectivity index (χ1v) is 14.1. The molecule has 0 saturated carbocycles. The molecule has 0 heterocycles. The van der Waals surface area contributed by atoms with Gasteiger partial charge < -0.3 is 10.1 Å². The SMILES string of the molecule is CCOc1ccccc1CCCNC(=O)c1ccccc1N(Cc1ccccc1)S(=O)(=O)c1ccccc1. The van der Waals surface area contributed by atoms with Crippen molar-refractivity contribution in [2.24, 2.45) is 0 Å². The average molecular weight is 529 g/mol. The van der Waals surface area contributed by atoms with Crippen molar-refractivity contribution in [2.45, 2.75) is 31.2 Å². The number of nitrogens with zero attached hydrogens (tertiary/aromatic N) is 1. The van der Waals surface area contributed by atoms with E-state index in [1.807, 2.05) is 61.5 Å². The minimum atomic E-state index is -3.94. The maximum Gasteiger partial charge on any atom is 0.264 e. The third-order valence-corrected chi connectivity index (χ3v) is 7.87. The Hall–Kier alpha value is -4.10. The summed E-state index contributed by atoms with van der Waals surface area (Å²) in [6, 6.07) is 32.4. The topological polar surface area (TPSA) is 75.7 Å². The van der Waals surface area contributed by atoms with E-state index in [-0.39, 0.29) is 17.3 Å². The molecule has 196 valence electrons. The number of anilines is 1. The number of sulfonamides is 1. The van der Waals surface area contributed by atoms with Gasteiger partial charge in [0.2, 0.25) is 0 Å². The van der Waals surface area contributed by atoms with Gasteiger partial charge in [0.1, 0.15) is 5.75 Å². The Morgan fingerprint density at radius 1 is 0.816 bits per heavy atom. The average Bonchev–Trinajstić information content (AvgIpc) is 2.96. The summed E-state index contributed by atoms with van der Waals surface area (Å²) < 4.78 is 34.6. The summed E-state index contributed by atoms with van der Waals surface area (Å²) in [5.74, 6) is 0.536. The molecule has 38 heavy (non-hydrogen) atoms. The first-order chi connectivity index (χ1) is 18.5. The number of amides is 1. The highest BCUT2D eigenvalue weighted by molar-refractivity contribution is 7.92. The highest BCUT2D eigenvalue weighted by atomic mass is 32.2. The van der Waals surface area contributed by atoms with Gasteiger partial charge in [-0.05, 0) is 61.2 Å². The van der Waals surface area contributed by atoms with Crippen molar-refractivity contribution < 1.29 is 17.9 Å². The van der Waals surface area contributed by atoms with Crippen LogP contribution in [0.4, 0.5) is 5.69 Å². The molecule has 0 aliphatic carbocycles. The van der Waals surface area contributed by atoms with Crippen molar-refractivity contribution in [3.63, 3.8) is 0 Å². The van der Waals surface area contributed by atoms with Crippen LogP contribution < -0.4 is 14.4 Å². The molecule has 0 spiro atoms. The van der Waals surface area contributed by atoms with Gasteiger partial charge in [-0.2, -0.15) is 0 Å². The number of para-hydroxylation sites is 2. The summed E-state index contributed by atoms with van der Waals surface area (Å²) in [5, 5.41) is 2.97. The van der Waals surface area contributed by atoms with E-state index in [2.05, 4.69) is 5.32 Å². The lowest BCUT2D eigenvalue weighted by Gasteiger charge is -2.26. The molecule has 0 atom stereocenters. The third kappa shape index (κ3) is 6.61. The van der Waals surface area contributed by atoms with Gasteiger partial charge in [0, 0.05) is 6.54 Å². The van der Waals surface area contributed by atoms with Gasteiger partial charge in [-0.3, -0.25) is 9.10 Å². The minimum Gasteiger partial charge on any atom is -0.494 e. The standard InChI is InChI=1S/C31H32N2O4S/c1-2-37-30-22-12-9-16-26(30)17-13-23-32-31(34)28-20-10-11-21-29(28)33(24-25-14-5-3-6-15-25)38(35,36)27-18-7-4-8-19-27/h3-12,14-16,18-22H,2,13,17,23-24H2,1H3,(H,32,34). The molecule has 1 amide bonds. The molecule has 4 aromatic rings. The molecule has 0 radical (unpaired) electrons. The predicted octanol–water partition coefficient (Wildman–Crippen LogP) is 5.84. The molecule has 0 saturated heterocycles. The third-order valence-electron chi connectivity index (χ3n) is 6.10. The van der Waals surface area contributed by atoms with E-state index in [1.165, 1.54) is 4.31 Å². The fourth-order valence-electron chi connectivity index (χ4n) is 4.23. The fraction of sp³-hybridized carbons (Fsp3) is 0.194. The number of hydrogen-bond acceptors (Lipinski definition) is 4. The lowest BCUT2D eigenvalue weighted by Crippen LogP contribution is -2.33. The second-order valence-corrected chi connectivity index (χ2v) is 10.6. The molecule has 7 heteroatoms. The van der Waals surface area contributed by atoms with Gasteiger partial charge >= 0.3 is 0 Å². The number of rotatable bonds is 12. The van der Waals surface area contributed by atoms with E-state index in [0.717, 1.165) is 23.3 Å². The molecule has 0 unspecified atom stereocenters. The molecule has 6 nitrogen and oxygen atoms in total. The summed E-state index contributed by atoms with van der Waals surface area (Å²) in [5.41, 5.74) is 2.54. The summed E-state index contributed by atoms with van der Waals surface area (Å²) >= 11 is 0. The van der Waals surface area contributed by atoms with Crippen molar-refractivity contribution in [2.75, 3.05) is 17.5 Å². The monoisotopic (exact) mass is 528 g/mol. The van der Waals surface area contributed by atoms with Gasteiger partial charge in [0.25, 0.3) is 15.9 Å². The molecule has 1 N–H and O–H groups in total. The first-order valence-electron chi connectivity index (χ1n) is 12.7. The first kappa shape index (κ1) is 26.9. The van der Waals surface area contributed by atoms with E-state index in [9.17, 15) is 13.2 Å². The predicted molar refractivity (Wildman–Crippen MR) is 151 cm³/mol. The Bertz CT molecular complexity index is 1440. The number of ether oxygens (including phenoxy) is 1. The molecule has 0 aliphatic rings. The molecule has 0 bridgehead atoms. The Balaban J connectivity index is 1.55. The largest absolute Gasteiger partial charge is 0.494 e. The molecular weight excluding hydrogens is 496 g/mol. The Kier molecular flexibility index (Phi) is 9.16. The second kappa shape index (κ2) is 12.9. The van der Waals surface area contributed by atoms with Crippen LogP contribution >= 0.6 is 0 Å². The van der Waals surface area contributed by atoms with Crippen molar-refractivity contribution in [3.05, 3.63) is 126 Å². The maximum absolute atomic E-state index is 13.8. The molecule has 0 aliphatic heterocycles. The number of nitrogens with one attached hydrogen (secondary N) is 1. The second-order valence-electron chi connectivity index (χ2n) is 8.73. The molecule has 0 fully saturated rings. The smallest absolute Gasteiger partial charge is 0.264 e. The van der Waals surface area contributed by atoms with E-state index in [0.29, 0.717) is 30.8 Å². The van der Waals surface area contributed by atoms with Crippen LogP contribution in [0.1, 0.15) is 34.8 Å². The Labute approximate surface area is 225 Å². The minimum absolute atomic E-state index is 0.0938. The van der Waals surface area contributed by atoms with E-state index >= 15 is 0 Å². The molecule has 0 aromatic heterocycles. The van der Waals surface area contributed by atoms with Gasteiger partial charge in [0.15, 0.2) is 0 Å². The zero-order chi connectivity index (χ0) is 26.8. The number of carbonyl (C=O) groups is 1. The van der Waals surface area contributed by atoms with Crippen LogP contribution in [0.25, 0.3) is 0 Å². The lowest BCUT2D eigenvalue weighted by molar-refractivity contribution is 0.0954. The Morgan fingerprint density at radius 2 is 1.45 bits per heavy atom. The zero-order valence-corrected chi connectivity index (χ0v) is 22.2. The highest BCUT2D eigenvalue weighted by Gasteiger charge is 2.28. The van der Waals surface area contributed by atoms with Crippen molar-refractivity contribution >= 4 is 21.6 Å².